The zero-order valence-electron chi connectivity index (χ0n) is 16.9. The number of hydrogen-bond acceptors (Lipinski definition) is 5. The van der Waals surface area contributed by atoms with Crippen LogP contribution >= 0.6 is 0 Å². The first-order valence-electron chi connectivity index (χ1n) is 9.75. The van der Waals surface area contributed by atoms with Crippen molar-refractivity contribution in [2.24, 2.45) is 5.92 Å². The van der Waals surface area contributed by atoms with Gasteiger partial charge in [-0.15, -0.1) is 0 Å². The van der Waals surface area contributed by atoms with Crippen LogP contribution < -0.4 is 16.0 Å². The molecular formula is C18H34N4O5. The van der Waals surface area contributed by atoms with Crippen LogP contribution in [-0.4, -0.2) is 68.0 Å². The number of hydrogen-bond donors (Lipinski definition) is 3. The minimum absolute atomic E-state index is 0.118. The Balaban J connectivity index is 2.49. The summed E-state index contributed by atoms with van der Waals surface area (Å²) < 4.78 is 9.81. The van der Waals surface area contributed by atoms with Crippen LogP contribution in [0.5, 0.6) is 0 Å². The number of nitrogens with one attached hydrogen (secondary N) is 3. The molecule has 1 heterocycles. The summed E-state index contributed by atoms with van der Waals surface area (Å²) in [5, 5.41) is 8.45. The normalized spacial score (nSPS) is 17.8. The van der Waals surface area contributed by atoms with Gasteiger partial charge in [0, 0.05) is 31.7 Å². The summed E-state index contributed by atoms with van der Waals surface area (Å²) in [6.07, 6.45) is 1.41. The van der Waals surface area contributed by atoms with Crippen LogP contribution in [0.15, 0.2) is 0 Å². The van der Waals surface area contributed by atoms with Crippen molar-refractivity contribution in [3.63, 3.8) is 0 Å². The average Bonchev–Trinajstić information content (AvgIpc) is 2.59. The second kappa shape index (κ2) is 12.2. The molecule has 4 amide bonds. The van der Waals surface area contributed by atoms with Crippen molar-refractivity contribution in [1.82, 2.24) is 20.9 Å². The van der Waals surface area contributed by atoms with Crippen molar-refractivity contribution < 1.29 is 23.9 Å². The predicted octanol–water partition coefficient (Wildman–Crippen LogP) is 2.07. The number of rotatable bonds is 8. The van der Waals surface area contributed by atoms with E-state index in [1.807, 2.05) is 0 Å². The van der Waals surface area contributed by atoms with Crippen LogP contribution in [-0.2, 0) is 9.47 Å². The Morgan fingerprint density at radius 3 is 2.41 bits per heavy atom. The number of amides is 4. The van der Waals surface area contributed by atoms with Crippen LogP contribution in [0, 0.1) is 5.92 Å². The second-order valence-corrected chi connectivity index (χ2v) is 7.03. The molecule has 1 aliphatic heterocycles. The van der Waals surface area contributed by atoms with Crippen molar-refractivity contribution in [3.05, 3.63) is 0 Å². The number of alkyl carbamates (subject to hydrolysis) is 2. The van der Waals surface area contributed by atoms with E-state index >= 15 is 0 Å². The Bertz CT molecular complexity index is 486. The van der Waals surface area contributed by atoms with Crippen molar-refractivity contribution in [2.75, 3.05) is 32.8 Å². The molecule has 3 N–H and O–H groups in total. The van der Waals surface area contributed by atoms with E-state index in [0.29, 0.717) is 38.8 Å². The first kappa shape index (κ1) is 22.9. The zero-order valence-corrected chi connectivity index (χ0v) is 16.9. The van der Waals surface area contributed by atoms with Crippen molar-refractivity contribution in [2.45, 2.75) is 59.0 Å². The number of piperidine rings is 1. The van der Waals surface area contributed by atoms with E-state index in [2.05, 4.69) is 29.8 Å². The summed E-state index contributed by atoms with van der Waals surface area (Å²) in [5.41, 5.74) is 0. The minimum atomic E-state index is -0.478. The molecule has 0 aromatic rings. The first-order valence-corrected chi connectivity index (χ1v) is 9.75. The lowest BCUT2D eigenvalue weighted by Gasteiger charge is -2.33. The second-order valence-electron chi connectivity index (χ2n) is 7.03. The molecule has 27 heavy (non-hydrogen) atoms. The predicted molar refractivity (Wildman–Crippen MR) is 102 cm³/mol. The topological polar surface area (TPSA) is 109 Å². The lowest BCUT2D eigenvalue weighted by molar-refractivity contribution is 0.135. The summed E-state index contributed by atoms with van der Waals surface area (Å²) in [5.74, 6) is 0.363. The molecule has 0 aromatic heterocycles. The Hall–Kier alpha value is -2.19. The van der Waals surface area contributed by atoms with Gasteiger partial charge in [0.15, 0.2) is 0 Å². The average molecular weight is 386 g/mol. The fourth-order valence-electron chi connectivity index (χ4n) is 3.04. The molecule has 0 radical (unpaired) electrons. The van der Waals surface area contributed by atoms with Crippen LogP contribution in [0.3, 0.4) is 0 Å². The van der Waals surface area contributed by atoms with E-state index in [-0.39, 0.29) is 18.1 Å². The van der Waals surface area contributed by atoms with E-state index in [0.717, 1.165) is 19.3 Å². The molecule has 2 atom stereocenters. The van der Waals surface area contributed by atoms with Gasteiger partial charge in [-0.2, -0.15) is 0 Å². The Morgan fingerprint density at radius 2 is 1.78 bits per heavy atom. The van der Waals surface area contributed by atoms with Gasteiger partial charge in [-0.1, -0.05) is 13.8 Å². The number of urea groups is 1. The first-order chi connectivity index (χ1) is 12.8. The molecule has 1 saturated heterocycles. The Kier molecular flexibility index (Phi) is 10.4. The number of ether oxygens (including phenoxy) is 2. The third-order valence-electron chi connectivity index (χ3n) is 4.16. The monoisotopic (exact) mass is 386 g/mol. The van der Waals surface area contributed by atoms with Gasteiger partial charge in [-0.25, -0.2) is 14.4 Å². The van der Waals surface area contributed by atoms with Crippen molar-refractivity contribution in [1.29, 1.82) is 0 Å². The maximum absolute atomic E-state index is 12.5. The molecule has 156 valence electrons. The summed E-state index contributed by atoms with van der Waals surface area (Å²) in [6.45, 7) is 9.60. The summed E-state index contributed by atoms with van der Waals surface area (Å²) in [4.78, 5) is 37.4. The summed E-state index contributed by atoms with van der Waals surface area (Å²) in [7, 11) is 0. The van der Waals surface area contributed by atoms with Crippen molar-refractivity contribution in [3.8, 4) is 0 Å². The van der Waals surface area contributed by atoms with Gasteiger partial charge >= 0.3 is 18.2 Å². The summed E-state index contributed by atoms with van der Waals surface area (Å²) >= 11 is 0. The highest BCUT2D eigenvalue weighted by Gasteiger charge is 2.25. The number of carbonyl (C=O) groups excluding carboxylic acids is 3. The van der Waals surface area contributed by atoms with Crippen LogP contribution in [0.25, 0.3) is 0 Å². The lowest BCUT2D eigenvalue weighted by atomic mass is 10.0. The Morgan fingerprint density at radius 1 is 1.11 bits per heavy atom. The fraction of sp³-hybridized carbons (Fsp3) is 0.833. The van der Waals surface area contributed by atoms with Gasteiger partial charge in [-0.3, -0.25) is 0 Å². The molecule has 0 bridgehead atoms. The molecule has 1 fully saturated rings. The minimum Gasteiger partial charge on any atom is -0.450 e. The molecule has 0 saturated carbocycles. The number of carbonyl (C=O) groups is 3. The molecule has 1 rings (SSSR count). The highest BCUT2D eigenvalue weighted by Crippen LogP contribution is 2.11. The van der Waals surface area contributed by atoms with E-state index in [1.54, 1.807) is 18.7 Å². The van der Waals surface area contributed by atoms with E-state index in [1.165, 1.54) is 0 Å². The third kappa shape index (κ3) is 9.35. The number of nitrogens with zero attached hydrogens (tertiary/aromatic N) is 1. The Labute approximate surface area is 161 Å². The highest BCUT2D eigenvalue weighted by molar-refractivity contribution is 5.75. The molecule has 0 spiro atoms. The quantitative estimate of drug-likeness (QED) is 0.592. The van der Waals surface area contributed by atoms with Crippen LogP contribution in [0.1, 0.15) is 47.0 Å². The van der Waals surface area contributed by atoms with Gasteiger partial charge in [0.2, 0.25) is 0 Å². The van der Waals surface area contributed by atoms with Crippen LogP contribution in [0.4, 0.5) is 14.4 Å². The van der Waals surface area contributed by atoms with Gasteiger partial charge in [0.1, 0.15) is 0 Å². The molecule has 1 aliphatic rings. The maximum atomic E-state index is 12.5. The molecule has 0 aromatic carbocycles. The van der Waals surface area contributed by atoms with Gasteiger partial charge in [-0.05, 0) is 39.0 Å². The lowest BCUT2D eigenvalue weighted by Crippen LogP contribution is -2.54. The van der Waals surface area contributed by atoms with Gasteiger partial charge < -0.3 is 30.3 Å². The standard InChI is InChI=1S/C18H34N4O5/c1-5-26-17(24)20-14-8-7-9-22(12-14)16(23)19-11-15(10-13(3)4)21-18(25)27-6-2/h13-15H,5-12H2,1-4H3,(H,19,23)(H,20,24)(H,21,25)/t14-,15+/m0/s1. The maximum Gasteiger partial charge on any atom is 0.407 e. The van der Waals surface area contributed by atoms with Gasteiger partial charge in [0.25, 0.3) is 0 Å². The van der Waals surface area contributed by atoms with Crippen LogP contribution in [0.2, 0.25) is 0 Å². The molecular weight excluding hydrogens is 352 g/mol. The molecule has 9 heteroatoms. The largest absolute Gasteiger partial charge is 0.450 e. The summed E-state index contributed by atoms with van der Waals surface area (Å²) in [6, 6.07) is -0.524. The van der Waals surface area contributed by atoms with E-state index in [4.69, 9.17) is 9.47 Å². The smallest absolute Gasteiger partial charge is 0.407 e. The van der Waals surface area contributed by atoms with Gasteiger partial charge in [0.05, 0.1) is 13.2 Å². The highest BCUT2D eigenvalue weighted by atomic mass is 16.6. The van der Waals surface area contributed by atoms with E-state index < -0.39 is 12.2 Å². The number of likely N-dealkylation sites (tertiary alicyclic amines) is 1. The fourth-order valence-corrected chi connectivity index (χ4v) is 3.04. The van der Waals surface area contributed by atoms with Crippen molar-refractivity contribution >= 4 is 18.2 Å². The van der Waals surface area contributed by atoms with E-state index in [9.17, 15) is 14.4 Å². The molecule has 0 aliphatic carbocycles. The third-order valence-corrected chi connectivity index (χ3v) is 4.16. The molecule has 0 unspecified atom stereocenters. The molecule has 9 nitrogen and oxygen atoms in total. The SMILES string of the molecule is CCOC(=O)N[C@@H](CNC(=O)N1CCC[C@H](NC(=O)OCC)C1)CC(C)C. The zero-order chi connectivity index (χ0) is 20.2.